The molecule has 0 aliphatic rings. The van der Waals surface area contributed by atoms with Crippen molar-refractivity contribution >= 4 is 22.9 Å². The number of ether oxygens (including phenoxy) is 1. The number of imidazole rings is 1. The summed E-state index contributed by atoms with van der Waals surface area (Å²) in [7, 11) is 1.68. The number of rotatable bonds is 11. The maximum atomic E-state index is 12.6. The van der Waals surface area contributed by atoms with Crippen LogP contribution in [0.1, 0.15) is 39.0 Å². The van der Waals surface area contributed by atoms with Gasteiger partial charge in [-0.15, -0.1) is 0 Å². The molecule has 0 atom stereocenters. The van der Waals surface area contributed by atoms with E-state index < -0.39 is 0 Å². The minimum absolute atomic E-state index is 0.149. The first-order valence-corrected chi connectivity index (χ1v) is 8.85. The zero-order valence-corrected chi connectivity index (χ0v) is 15.1. The van der Waals surface area contributed by atoms with E-state index in [1.807, 2.05) is 9.47 Å². The Bertz CT molecular complexity index is 662. The number of aryl methyl sites for hydroxylation is 1. The minimum atomic E-state index is 0.149. The van der Waals surface area contributed by atoms with Crippen LogP contribution in [0.5, 0.6) is 0 Å². The highest BCUT2D eigenvalue weighted by Gasteiger charge is 2.14. The Morgan fingerprint density at radius 2 is 2.04 bits per heavy atom. The van der Waals surface area contributed by atoms with E-state index in [2.05, 4.69) is 21.9 Å². The summed E-state index contributed by atoms with van der Waals surface area (Å²) in [6.07, 6.45) is 7.65. The summed E-state index contributed by atoms with van der Waals surface area (Å²) in [4.78, 5) is 26.9. The van der Waals surface area contributed by atoms with Gasteiger partial charge in [-0.1, -0.05) is 19.8 Å². The number of anilines is 1. The Labute approximate surface area is 148 Å². The van der Waals surface area contributed by atoms with Gasteiger partial charge in [-0.25, -0.2) is 15.0 Å². The number of fused-ring (bicyclic) bond motifs is 1. The highest BCUT2D eigenvalue weighted by atomic mass is 16.5. The van der Waals surface area contributed by atoms with Crippen molar-refractivity contribution in [2.45, 2.75) is 45.6 Å². The highest BCUT2D eigenvalue weighted by Crippen LogP contribution is 2.14. The molecular weight excluding hydrogens is 320 g/mol. The van der Waals surface area contributed by atoms with Crippen LogP contribution in [-0.2, 0) is 16.1 Å². The van der Waals surface area contributed by atoms with Gasteiger partial charge < -0.3 is 19.9 Å². The maximum absolute atomic E-state index is 12.6. The van der Waals surface area contributed by atoms with E-state index in [1.165, 1.54) is 6.33 Å². The number of amides is 1. The van der Waals surface area contributed by atoms with Gasteiger partial charge in [-0.05, 0) is 12.8 Å². The Morgan fingerprint density at radius 3 is 2.80 bits per heavy atom. The standard InChI is InChI=1S/C17H28N6O2/c1-3-4-5-8-22(9-6-11-25-2)14(24)7-10-23-13-21-15-16(18)19-12-20-17(15)23/h12-13H,3-11H2,1-2H3,(H2,18,19,20). The molecule has 0 unspecified atom stereocenters. The van der Waals surface area contributed by atoms with Gasteiger partial charge in [0.05, 0.1) is 6.33 Å². The first-order chi connectivity index (χ1) is 12.2. The van der Waals surface area contributed by atoms with Crippen molar-refractivity contribution in [2.24, 2.45) is 0 Å². The Kier molecular flexibility index (Phi) is 7.59. The van der Waals surface area contributed by atoms with E-state index in [-0.39, 0.29) is 5.91 Å². The number of hydrogen-bond donors (Lipinski definition) is 1. The number of carbonyl (C=O) groups is 1. The van der Waals surface area contributed by atoms with Gasteiger partial charge in [0.1, 0.15) is 11.8 Å². The fraction of sp³-hybridized carbons (Fsp3) is 0.647. The average Bonchev–Trinajstić information content (AvgIpc) is 3.03. The summed E-state index contributed by atoms with van der Waals surface area (Å²) in [5.41, 5.74) is 7.04. The fourth-order valence-electron chi connectivity index (χ4n) is 2.75. The highest BCUT2D eigenvalue weighted by molar-refractivity contribution is 5.81. The van der Waals surface area contributed by atoms with Gasteiger partial charge in [0.2, 0.25) is 5.91 Å². The van der Waals surface area contributed by atoms with Crippen molar-refractivity contribution in [3.8, 4) is 0 Å². The molecule has 0 aliphatic heterocycles. The van der Waals surface area contributed by atoms with E-state index in [4.69, 9.17) is 10.5 Å². The number of nitrogens with zero attached hydrogens (tertiary/aromatic N) is 5. The van der Waals surface area contributed by atoms with Crippen LogP contribution in [0.15, 0.2) is 12.7 Å². The molecule has 0 aliphatic carbocycles. The number of methoxy groups -OCH3 is 1. The van der Waals surface area contributed by atoms with Crippen LogP contribution in [0.4, 0.5) is 5.82 Å². The van der Waals surface area contributed by atoms with Crippen molar-refractivity contribution in [3.63, 3.8) is 0 Å². The second-order valence-electron chi connectivity index (χ2n) is 6.05. The Hall–Kier alpha value is -2.22. The third kappa shape index (κ3) is 5.38. The van der Waals surface area contributed by atoms with Crippen LogP contribution in [0.25, 0.3) is 11.2 Å². The molecule has 2 heterocycles. The van der Waals surface area contributed by atoms with E-state index in [0.29, 0.717) is 36.6 Å². The van der Waals surface area contributed by atoms with Crippen LogP contribution in [0, 0.1) is 0 Å². The van der Waals surface area contributed by atoms with Crippen molar-refractivity contribution in [3.05, 3.63) is 12.7 Å². The molecule has 0 saturated heterocycles. The molecule has 138 valence electrons. The molecule has 1 amide bonds. The quantitative estimate of drug-likeness (QED) is 0.622. The summed E-state index contributed by atoms with van der Waals surface area (Å²) >= 11 is 0. The monoisotopic (exact) mass is 348 g/mol. The first-order valence-electron chi connectivity index (χ1n) is 8.85. The van der Waals surface area contributed by atoms with E-state index >= 15 is 0 Å². The van der Waals surface area contributed by atoms with Crippen LogP contribution in [0.2, 0.25) is 0 Å². The summed E-state index contributed by atoms with van der Waals surface area (Å²) < 4.78 is 6.95. The van der Waals surface area contributed by atoms with Gasteiger partial charge in [0, 0.05) is 39.8 Å². The number of aromatic nitrogens is 4. The molecule has 2 N–H and O–H groups in total. The van der Waals surface area contributed by atoms with Gasteiger partial charge in [-0.3, -0.25) is 4.79 Å². The van der Waals surface area contributed by atoms with Crippen molar-refractivity contribution in [2.75, 3.05) is 32.5 Å². The average molecular weight is 348 g/mol. The molecular formula is C17H28N6O2. The minimum Gasteiger partial charge on any atom is -0.385 e. The van der Waals surface area contributed by atoms with Crippen molar-refractivity contribution < 1.29 is 9.53 Å². The molecule has 2 aromatic rings. The van der Waals surface area contributed by atoms with E-state index in [0.717, 1.165) is 38.8 Å². The van der Waals surface area contributed by atoms with Crippen LogP contribution in [-0.4, -0.2) is 57.1 Å². The lowest BCUT2D eigenvalue weighted by molar-refractivity contribution is -0.131. The molecule has 8 nitrogen and oxygen atoms in total. The third-order valence-corrected chi connectivity index (χ3v) is 4.16. The first kappa shape index (κ1) is 19.1. The molecule has 0 bridgehead atoms. The normalized spacial score (nSPS) is 11.1. The molecule has 0 aromatic carbocycles. The van der Waals surface area contributed by atoms with Gasteiger partial charge in [-0.2, -0.15) is 0 Å². The molecule has 0 saturated carbocycles. The van der Waals surface area contributed by atoms with E-state index in [9.17, 15) is 4.79 Å². The number of carbonyl (C=O) groups excluding carboxylic acids is 1. The lowest BCUT2D eigenvalue weighted by Crippen LogP contribution is -2.34. The molecule has 0 fully saturated rings. The van der Waals surface area contributed by atoms with Crippen molar-refractivity contribution in [1.29, 1.82) is 0 Å². The SMILES string of the molecule is CCCCCN(CCCOC)C(=O)CCn1cnc2c(N)ncnc21. The van der Waals surface area contributed by atoms with Crippen LogP contribution < -0.4 is 5.73 Å². The zero-order valence-electron chi connectivity index (χ0n) is 15.1. The summed E-state index contributed by atoms with van der Waals surface area (Å²) in [6.45, 7) is 4.89. The molecule has 8 heteroatoms. The summed E-state index contributed by atoms with van der Waals surface area (Å²) in [5.74, 6) is 0.506. The smallest absolute Gasteiger partial charge is 0.224 e. The zero-order chi connectivity index (χ0) is 18.1. The number of nitrogens with two attached hydrogens (primary N) is 1. The third-order valence-electron chi connectivity index (χ3n) is 4.16. The molecule has 2 rings (SSSR count). The Balaban J connectivity index is 1.94. The fourth-order valence-corrected chi connectivity index (χ4v) is 2.75. The summed E-state index contributed by atoms with van der Waals surface area (Å²) in [5, 5.41) is 0. The van der Waals surface area contributed by atoms with Crippen LogP contribution >= 0.6 is 0 Å². The lowest BCUT2D eigenvalue weighted by atomic mass is 10.2. The summed E-state index contributed by atoms with van der Waals surface area (Å²) in [6, 6.07) is 0. The molecule has 0 spiro atoms. The maximum Gasteiger partial charge on any atom is 0.224 e. The molecule has 25 heavy (non-hydrogen) atoms. The largest absolute Gasteiger partial charge is 0.385 e. The molecule has 2 aromatic heterocycles. The predicted molar refractivity (Wildman–Crippen MR) is 97.0 cm³/mol. The number of unbranched alkanes of at least 4 members (excludes halogenated alkanes) is 2. The van der Waals surface area contributed by atoms with Crippen LogP contribution in [0.3, 0.4) is 0 Å². The molecule has 0 radical (unpaired) electrons. The topological polar surface area (TPSA) is 99.2 Å². The van der Waals surface area contributed by atoms with Gasteiger partial charge in [0.15, 0.2) is 11.5 Å². The van der Waals surface area contributed by atoms with E-state index in [1.54, 1.807) is 13.4 Å². The van der Waals surface area contributed by atoms with Gasteiger partial charge in [0.25, 0.3) is 0 Å². The lowest BCUT2D eigenvalue weighted by Gasteiger charge is -2.23. The second kappa shape index (κ2) is 9.93. The predicted octanol–water partition coefficient (Wildman–Crippen LogP) is 1.85. The van der Waals surface area contributed by atoms with Gasteiger partial charge >= 0.3 is 0 Å². The van der Waals surface area contributed by atoms with Crippen molar-refractivity contribution in [1.82, 2.24) is 24.4 Å². The second-order valence-corrected chi connectivity index (χ2v) is 6.05. The Morgan fingerprint density at radius 1 is 1.24 bits per heavy atom. The number of nitrogen functional groups attached to an aromatic ring is 1. The number of hydrogen-bond acceptors (Lipinski definition) is 6.